The van der Waals surface area contributed by atoms with Gasteiger partial charge in [-0.25, -0.2) is 10.0 Å². The van der Waals surface area contributed by atoms with Crippen LogP contribution in [0.4, 0.5) is 0 Å². The summed E-state index contributed by atoms with van der Waals surface area (Å²) in [5.41, 5.74) is 0. The molecule has 0 spiro atoms. The van der Waals surface area contributed by atoms with Crippen LogP contribution in [-0.4, -0.2) is 61.7 Å². The van der Waals surface area contributed by atoms with E-state index in [1.54, 1.807) is 0 Å². The Morgan fingerprint density at radius 3 is 2.00 bits per heavy atom. The average molecular weight is 225 g/mol. The van der Waals surface area contributed by atoms with Gasteiger partial charge in [0.15, 0.2) is 0 Å². The van der Waals surface area contributed by atoms with Gasteiger partial charge in [0.05, 0.1) is 0 Å². The molecule has 3 heteroatoms. The molecule has 0 aromatic carbocycles. The van der Waals surface area contributed by atoms with E-state index in [1.807, 2.05) is 0 Å². The molecular weight excluding hydrogens is 198 g/mol. The maximum absolute atomic E-state index is 2.62. The molecule has 2 aliphatic rings. The van der Waals surface area contributed by atoms with Gasteiger partial charge in [-0.15, -0.1) is 0 Å². The van der Waals surface area contributed by atoms with Crippen molar-refractivity contribution in [2.75, 3.05) is 46.8 Å². The van der Waals surface area contributed by atoms with E-state index in [1.165, 1.54) is 64.8 Å². The Morgan fingerprint density at radius 1 is 0.875 bits per heavy atom. The third-order valence-electron chi connectivity index (χ3n) is 3.95. The Kier molecular flexibility index (Phi) is 4.62. The Hall–Kier alpha value is -0.120. The number of nitrogens with zero attached hydrogens (tertiary/aromatic N) is 3. The lowest BCUT2D eigenvalue weighted by molar-refractivity contribution is -0.0624. The lowest BCUT2D eigenvalue weighted by atomic mass is 9.97. The molecule has 2 aliphatic heterocycles. The molecule has 0 aliphatic carbocycles. The monoisotopic (exact) mass is 225 g/mol. The van der Waals surface area contributed by atoms with Gasteiger partial charge < -0.3 is 4.90 Å². The van der Waals surface area contributed by atoms with Crippen molar-refractivity contribution in [3.63, 3.8) is 0 Å². The molecule has 2 rings (SSSR count). The van der Waals surface area contributed by atoms with Crippen molar-refractivity contribution < 1.29 is 0 Å². The molecule has 2 saturated heterocycles. The van der Waals surface area contributed by atoms with Crippen LogP contribution in [0.2, 0.25) is 0 Å². The minimum absolute atomic E-state index is 0.927. The summed E-state index contributed by atoms with van der Waals surface area (Å²) in [6, 6.07) is 0. The second-order valence-corrected chi connectivity index (χ2v) is 5.67. The van der Waals surface area contributed by atoms with Crippen LogP contribution in [0.5, 0.6) is 0 Å². The molecule has 0 unspecified atom stereocenters. The molecule has 0 atom stereocenters. The summed E-state index contributed by atoms with van der Waals surface area (Å²) < 4.78 is 0. The molecule has 3 nitrogen and oxygen atoms in total. The normalized spacial score (nSPS) is 26.4. The third-order valence-corrected chi connectivity index (χ3v) is 3.95. The highest BCUT2D eigenvalue weighted by Gasteiger charge is 2.24. The highest BCUT2D eigenvalue weighted by molar-refractivity contribution is 4.74. The second kappa shape index (κ2) is 5.99. The molecule has 0 radical (unpaired) electrons. The van der Waals surface area contributed by atoms with Gasteiger partial charge >= 0.3 is 0 Å². The first-order valence-electron chi connectivity index (χ1n) is 6.90. The van der Waals surface area contributed by atoms with Gasteiger partial charge in [-0.05, 0) is 45.7 Å². The van der Waals surface area contributed by atoms with Gasteiger partial charge in [0.1, 0.15) is 0 Å². The molecule has 0 aromatic rings. The zero-order chi connectivity index (χ0) is 11.4. The number of rotatable bonds is 3. The summed E-state index contributed by atoms with van der Waals surface area (Å²) in [7, 11) is 4.38. The summed E-state index contributed by atoms with van der Waals surface area (Å²) in [6.45, 7) is 6.46. The third kappa shape index (κ3) is 3.44. The fraction of sp³-hybridized carbons (Fsp3) is 1.00. The van der Waals surface area contributed by atoms with Gasteiger partial charge in [0.2, 0.25) is 0 Å². The summed E-state index contributed by atoms with van der Waals surface area (Å²) in [5.74, 6) is 0.927. The number of piperidine rings is 2. The molecule has 0 saturated carbocycles. The van der Waals surface area contributed by atoms with Crippen LogP contribution in [0, 0.1) is 5.92 Å². The van der Waals surface area contributed by atoms with Crippen LogP contribution in [0.1, 0.15) is 32.1 Å². The maximum Gasteiger partial charge on any atom is 0.0136 e. The standard InChI is InChI=1S/C13H27N3/c1-14(2)12-13-6-10-16(11-7-13)15-8-4-3-5-9-15/h13H,3-12H2,1-2H3. The lowest BCUT2D eigenvalue weighted by Gasteiger charge is -2.42. The van der Waals surface area contributed by atoms with Crippen molar-refractivity contribution in [2.45, 2.75) is 32.1 Å². The van der Waals surface area contributed by atoms with E-state index in [2.05, 4.69) is 29.0 Å². The van der Waals surface area contributed by atoms with Gasteiger partial charge in [-0.3, -0.25) is 0 Å². The maximum atomic E-state index is 2.62. The van der Waals surface area contributed by atoms with Crippen molar-refractivity contribution in [1.82, 2.24) is 14.9 Å². The van der Waals surface area contributed by atoms with E-state index in [4.69, 9.17) is 0 Å². The second-order valence-electron chi connectivity index (χ2n) is 5.67. The van der Waals surface area contributed by atoms with Crippen LogP contribution in [-0.2, 0) is 0 Å². The first-order chi connectivity index (χ1) is 7.75. The first-order valence-corrected chi connectivity index (χ1v) is 6.90. The van der Waals surface area contributed by atoms with Gasteiger partial charge in [-0.2, -0.15) is 0 Å². The van der Waals surface area contributed by atoms with Crippen LogP contribution < -0.4 is 0 Å². The van der Waals surface area contributed by atoms with Crippen molar-refractivity contribution in [3.05, 3.63) is 0 Å². The SMILES string of the molecule is CN(C)CC1CCN(N2CCCCC2)CC1. The van der Waals surface area contributed by atoms with E-state index < -0.39 is 0 Å². The van der Waals surface area contributed by atoms with Gasteiger partial charge in [0, 0.05) is 32.7 Å². The quantitative estimate of drug-likeness (QED) is 0.723. The number of hydrogen-bond donors (Lipinski definition) is 0. The topological polar surface area (TPSA) is 9.72 Å². The average Bonchev–Trinajstić information content (AvgIpc) is 2.30. The van der Waals surface area contributed by atoms with Crippen molar-refractivity contribution in [3.8, 4) is 0 Å². The predicted octanol–water partition coefficient (Wildman–Crippen LogP) is 1.66. The largest absolute Gasteiger partial charge is 0.309 e. The van der Waals surface area contributed by atoms with Crippen LogP contribution in [0.25, 0.3) is 0 Å². The van der Waals surface area contributed by atoms with Crippen LogP contribution >= 0.6 is 0 Å². The molecule has 2 heterocycles. The Balaban J connectivity index is 1.71. The van der Waals surface area contributed by atoms with Gasteiger partial charge in [0.25, 0.3) is 0 Å². The molecular formula is C13H27N3. The summed E-state index contributed by atoms with van der Waals surface area (Å²) >= 11 is 0. The van der Waals surface area contributed by atoms with E-state index in [0.29, 0.717) is 0 Å². The first kappa shape index (κ1) is 12.3. The van der Waals surface area contributed by atoms with E-state index in [-0.39, 0.29) is 0 Å². The fourth-order valence-corrected chi connectivity index (χ4v) is 3.06. The lowest BCUT2D eigenvalue weighted by Crippen LogP contribution is -2.49. The molecule has 0 aromatic heterocycles. The van der Waals surface area contributed by atoms with Crippen LogP contribution in [0.3, 0.4) is 0 Å². The number of hydrogen-bond acceptors (Lipinski definition) is 3. The molecule has 94 valence electrons. The Labute approximate surface area is 100 Å². The summed E-state index contributed by atoms with van der Waals surface area (Å²) in [4.78, 5) is 2.33. The summed E-state index contributed by atoms with van der Waals surface area (Å²) in [6.07, 6.45) is 7.01. The zero-order valence-electron chi connectivity index (χ0n) is 11.0. The Bertz CT molecular complexity index is 191. The Morgan fingerprint density at radius 2 is 1.44 bits per heavy atom. The smallest absolute Gasteiger partial charge is 0.0136 e. The molecule has 16 heavy (non-hydrogen) atoms. The molecule has 0 N–H and O–H groups in total. The molecule has 0 bridgehead atoms. The highest BCUT2D eigenvalue weighted by Crippen LogP contribution is 2.21. The zero-order valence-corrected chi connectivity index (χ0v) is 11.0. The minimum Gasteiger partial charge on any atom is -0.309 e. The van der Waals surface area contributed by atoms with Crippen molar-refractivity contribution in [2.24, 2.45) is 5.92 Å². The minimum atomic E-state index is 0.927. The number of hydrazine groups is 1. The summed E-state index contributed by atoms with van der Waals surface area (Å²) in [5, 5.41) is 5.22. The molecule has 0 amide bonds. The van der Waals surface area contributed by atoms with Gasteiger partial charge in [-0.1, -0.05) is 6.42 Å². The highest BCUT2D eigenvalue weighted by atomic mass is 15.6. The van der Waals surface area contributed by atoms with Crippen molar-refractivity contribution in [1.29, 1.82) is 0 Å². The van der Waals surface area contributed by atoms with Crippen LogP contribution in [0.15, 0.2) is 0 Å². The van der Waals surface area contributed by atoms with E-state index >= 15 is 0 Å². The van der Waals surface area contributed by atoms with E-state index in [0.717, 1.165) is 5.92 Å². The predicted molar refractivity (Wildman–Crippen MR) is 68.3 cm³/mol. The van der Waals surface area contributed by atoms with Crippen molar-refractivity contribution >= 4 is 0 Å². The van der Waals surface area contributed by atoms with E-state index in [9.17, 15) is 0 Å². The molecule has 2 fully saturated rings. The fourth-order valence-electron chi connectivity index (χ4n) is 3.06.